The lowest BCUT2D eigenvalue weighted by Gasteiger charge is -2.30. The van der Waals surface area contributed by atoms with Crippen molar-refractivity contribution in [1.29, 1.82) is 0 Å². The van der Waals surface area contributed by atoms with E-state index in [2.05, 4.69) is 10.1 Å². The Kier molecular flexibility index (Phi) is 5.39. The second-order valence-corrected chi connectivity index (χ2v) is 8.43. The van der Waals surface area contributed by atoms with Crippen molar-refractivity contribution in [2.45, 2.75) is 17.4 Å². The zero-order valence-corrected chi connectivity index (χ0v) is 16.0. The van der Waals surface area contributed by atoms with E-state index >= 15 is 0 Å². The summed E-state index contributed by atoms with van der Waals surface area (Å²) in [5, 5.41) is 3.83. The van der Waals surface area contributed by atoms with Gasteiger partial charge in [-0.05, 0) is 29.8 Å². The standard InChI is InChI=1S/C19H17F2N3O4S/c20-14-5-3-6-15(11-14)29(25,26)24-8-9-27-17(12-24)19-22-18(23-28-19)10-13-4-1-2-7-16(13)21/h1-7,11,17H,8-10,12H2/t17-/m0/s1. The first-order chi connectivity index (χ1) is 13.9. The van der Waals surface area contributed by atoms with Gasteiger partial charge < -0.3 is 9.26 Å². The van der Waals surface area contributed by atoms with E-state index in [9.17, 15) is 17.2 Å². The van der Waals surface area contributed by atoms with Gasteiger partial charge in [0, 0.05) is 19.5 Å². The first-order valence-electron chi connectivity index (χ1n) is 8.87. The molecule has 1 saturated heterocycles. The number of rotatable bonds is 5. The van der Waals surface area contributed by atoms with Crippen molar-refractivity contribution >= 4 is 10.0 Å². The van der Waals surface area contributed by atoms with E-state index in [4.69, 9.17) is 9.26 Å². The Morgan fingerprint density at radius 1 is 1.14 bits per heavy atom. The van der Waals surface area contributed by atoms with Gasteiger partial charge in [-0.15, -0.1) is 0 Å². The third kappa shape index (κ3) is 4.19. The average molecular weight is 421 g/mol. The Morgan fingerprint density at radius 3 is 2.76 bits per heavy atom. The fourth-order valence-corrected chi connectivity index (χ4v) is 4.51. The Balaban J connectivity index is 1.50. The first kappa shape index (κ1) is 19.6. The van der Waals surface area contributed by atoms with Crippen LogP contribution in [0.4, 0.5) is 8.78 Å². The van der Waals surface area contributed by atoms with Gasteiger partial charge in [0.05, 0.1) is 11.5 Å². The largest absolute Gasteiger partial charge is 0.366 e. The highest BCUT2D eigenvalue weighted by molar-refractivity contribution is 7.89. The predicted molar refractivity (Wildman–Crippen MR) is 97.4 cm³/mol. The van der Waals surface area contributed by atoms with Crippen LogP contribution < -0.4 is 0 Å². The van der Waals surface area contributed by atoms with Crippen LogP contribution in [0, 0.1) is 11.6 Å². The Morgan fingerprint density at radius 2 is 1.97 bits per heavy atom. The highest BCUT2D eigenvalue weighted by Gasteiger charge is 2.34. The molecule has 3 aromatic rings. The molecule has 7 nitrogen and oxygen atoms in total. The number of nitrogens with zero attached hydrogens (tertiary/aromatic N) is 3. The molecule has 0 amide bonds. The van der Waals surface area contributed by atoms with Crippen LogP contribution in [0.25, 0.3) is 0 Å². The van der Waals surface area contributed by atoms with Crippen LogP contribution in [0.2, 0.25) is 0 Å². The van der Waals surface area contributed by atoms with E-state index in [0.717, 1.165) is 6.07 Å². The third-order valence-corrected chi connectivity index (χ3v) is 6.39. The molecular weight excluding hydrogens is 404 g/mol. The molecular formula is C19H17F2N3O4S. The molecule has 1 aliphatic rings. The van der Waals surface area contributed by atoms with Crippen molar-refractivity contribution in [1.82, 2.24) is 14.4 Å². The maximum Gasteiger partial charge on any atom is 0.257 e. The number of ether oxygens (including phenoxy) is 1. The Bertz CT molecular complexity index is 1120. The fourth-order valence-electron chi connectivity index (χ4n) is 3.05. The predicted octanol–water partition coefficient (Wildman–Crippen LogP) is 2.70. The lowest BCUT2D eigenvalue weighted by Crippen LogP contribution is -2.42. The van der Waals surface area contributed by atoms with E-state index in [1.54, 1.807) is 18.2 Å². The van der Waals surface area contributed by atoms with Gasteiger partial charge in [0.25, 0.3) is 5.89 Å². The van der Waals surface area contributed by atoms with Crippen molar-refractivity contribution in [2.24, 2.45) is 0 Å². The van der Waals surface area contributed by atoms with Crippen LogP contribution >= 0.6 is 0 Å². The van der Waals surface area contributed by atoms with E-state index < -0.39 is 21.9 Å². The highest BCUT2D eigenvalue weighted by Crippen LogP contribution is 2.26. The molecule has 0 spiro atoms. The number of aromatic nitrogens is 2. The lowest BCUT2D eigenvalue weighted by molar-refractivity contribution is -0.0199. The summed E-state index contributed by atoms with van der Waals surface area (Å²) in [4.78, 5) is 4.09. The van der Waals surface area contributed by atoms with Gasteiger partial charge in [-0.1, -0.05) is 29.4 Å². The minimum atomic E-state index is -3.90. The molecule has 0 bridgehead atoms. The van der Waals surface area contributed by atoms with Crippen LogP contribution in [0.1, 0.15) is 23.4 Å². The molecule has 152 valence electrons. The average Bonchev–Trinajstić information content (AvgIpc) is 3.18. The van der Waals surface area contributed by atoms with Gasteiger partial charge in [-0.3, -0.25) is 0 Å². The minimum Gasteiger partial charge on any atom is -0.366 e. The minimum absolute atomic E-state index is 0.0554. The van der Waals surface area contributed by atoms with Crippen LogP contribution in [0.5, 0.6) is 0 Å². The Hall–Kier alpha value is -2.69. The molecule has 0 unspecified atom stereocenters. The summed E-state index contributed by atoms with van der Waals surface area (Å²) in [6.07, 6.45) is -0.636. The van der Waals surface area contributed by atoms with Crippen LogP contribution in [0.15, 0.2) is 57.9 Å². The van der Waals surface area contributed by atoms with Gasteiger partial charge in [-0.2, -0.15) is 9.29 Å². The van der Waals surface area contributed by atoms with Gasteiger partial charge in [-0.25, -0.2) is 17.2 Å². The van der Waals surface area contributed by atoms with Crippen LogP contribution in [0.3, 0.4) is 0 Å². The molecule has 1 aliphatic heterocycles. The summed E-state index contributed by atoms with van der Waals surface area (Å²) in [6, 6.07) is 11.1. The van der Waals surface area contributed by atoms with Gasteiger partial charge >= 0.3 is 0 Å². The molecule has 1 aromatic heterocycles. The number of hydrogen-bond acceptors (Lipinski definition) is 6. The molecule has 10 heteroatoms. The van der Waals surface area contributed by atoms with E-state index in [1.165, 1.54) is 28.6 Å². The molecule has 0 radical (unpaired) electrons. The molecule has 0 aliphatic carbocycles. The SMILES string of the molecule is O=S(=O)(c1cccc(F)c1)N1CCO[C@H](c2nc(Cc3ccccc3F)no2)C1. The number of morpholine rings is 1. The second kappa shape index (κ2) is 7.97. The van der Waals surface area contributed by atoms with E-state index in [1.807, 2.05) is 0 Å². The molecule has 4 rings (SSSR count). The van der Waals surface area contributed by atoms with E-state index in [0.29, 0.717) is 5.56 Å². The number of halogens is 2. The highest BCUT2D eigenvalue weighted by atomic mass is 32.2. The summed E-state index contributed by atoms with van der Waals surface area (Å²) in [5.74, 6) is -0.639. The second-order valence-electron chi connectivity index (χ2n) is 6.50. The van der Waals surface area contributed by atoms with Crippen molar-refractivity contribution in [3.8, 4) is 0 Å². The van der Waals surface area contributed by atoms with Crippen molar-refractivity contribution in [2.75, 3.05) is 19.7 Å². The molecule has 0 N–H and O–H groups in total. The van der Waals surface area contributed by atoms with Crippen LogP contribution in [-0.4, -0.2) is 42.6 Å². The maximum absolute atomic E-state index is 13.8. The smallest absolute Gasteiger partial charge is 0.257 e. The monoisotopic (exact) mass is 421 g/mol. The Labute approximate surface area is 166 Å². The first-order valence-corrected chi connectivity index (χ1v) is 10.3. The van der Waals surface area contributed by atoms with Gasteiger partial charge in [0.2, 0.25) is 10.0 Å². The summed E-state index contributed by atoms with van der Waals surface area (Å²) in [5.41, 5.74) is 0.416. The summed E-state index contributed by atoms with van der Waals surface area (Å²) in [6.45, 7) is 0.177. The number of sulfonamides is 1. The molecule has 1 atom stereocenters. The topological polar surface area (TPSA) is 85.5 Å². The van der Waals surface area contributed by atoms with Crippen molar-refractivity contribution in [3.05, 3.63) is 77.4 Å². The molecule has 1 fully saturated rings. The van der Waals surface area contributed by atoms with Crippen molar-refractivity contribution < 1.29 is 26.5 Å². The normalized spacial score (nSPS) is 18.1. The zero-order valence-electron chi connectivity index (χ0n) is 15.2. The summed E-state index contributed by atoms with van der Waals surface area (Å²) in [7, 11) is -3.90. The summed E-state index contributed by atoms with van der Waals surface area (Å²) < 4.78 is 64.8. The number of benzene rings is 2. The molecule has 0 saturated carbocycles. The molecule has 2 aromatic carbocycles. The molecule has 2 heterocycles. The van der Waals surface area contributed by atoms with E-state index in [-0.39, 0.29) is 48.5 Å². The maximum atomic E-state index is 13.8. The van der Waals surface area contributed by atoms with Crippen LogP contribution in [-0.2, 0) is 21.2 Å². The zero-order chi connectivity index (χ0) is 20.4. The summed E-state index contributed by atoms with van der Waals surface area (Å²) >= 11 is 0. The third-order valence-electron chi connectivity index (χ3n) is 4.53. The van der Waals surface area contributed by atoms with Crippen molar-refractivity contribution in [3.63, 3.8) is 0 Å². The molecule has 29 heavy (non-hydrogen) atoms. The van der Waals surface area contributed by atoms with Gasteiger partial charge in [0.1, 0.15) is 11.6 Å². The lowest BCUT2D eigenvalue weighted by atomic mass is 10.1. The number of hydrogen-bond donors (Lipinski definition) is 0. The quantitative estimate of drug-likeness (QED) is 0.630. The fraction of sp³-hybridized carbons (Fsp3) is 0.263. The van der Waals surface area contributed by atoms with Gasteiger partial charge in [0.15, 0.2) is 11.9 Å².